The van der Waals surface area contributed by atoms with Crippen LogP contribution in [0.1, 0.15) is 5.82 Å². The van der Waals surface area contributed by atoms with E-state index in [2.05, 4.69) is 15.5 Å². The maximum Gasteiger partial charge on any atom is 0.166 e. The lowest BCUT2D eigenvalue weighted by Crippen LogP contribution is -2.01. The average Bonchev–Trinajstić information content (AvgIpc) is 2.96. The van der Waals surface area contributed by atoms with Gasteiger partial charge in [0.1, 0.15) is 0 Å². The highest BCUT2D eigenvalue weighted by Crippen LogP contribution is 2.30. The summed E-state index contributed by atoms with van der Waals surface area (Å²) in [6.07, 6.45) is 0. The molecule has 0 aliphatic carbocycles. The molecule has 3 rings (SSSR count). The second-order valence-electron chi connectivity index (χ2n) is 4.32. The molecule has 0 aliphatic heterocycles. The third-order valence-corrected chi connectivity index (χ3v) is 4.34. The van der Waals surface area contributed by atoms with Crippen molar-refractivity contribution in [3.8, 4) is 5.69 Å². The predicted octanol–water partition coefficient (Wildman–Crippen LogP) is 3.19. The molecule has 2 N–H and O–H groups in total. The summed E-state index contributed by atoms with van der Waals surface area (Å²) < 4.78 is 1.72. The molecule has 0 saturated heterocycles. The van der Waals surface area contributed by atoms with E-state index in [1.807, 2.05) is 42.5 Å². The number of halogens is 1. The molecular weight excluding hydrogens is 306 g/mol. The molecule has 0 spiro atoms. The van der Waals surface area contributed by atoms with Gasteiger partial charge < -0.3 is 5.73 Å². The zero-order chi connectivity index (χ0) is 14.7. The molecule has 0 saturated carbocycles. The molecule has 2 aromatic carbocycles. The fraction of sp³-hybridized carbons (Fsp3) is 0.0714. The Balaban J connectivity index is 1.79. The first-order valence-corrected chi connectivity index (χ1v) is 7.61. The SMILES string of the molecule is Nc1ccc(SCc2nnnn2-c2ccccc2)c(Cl)c1. The number of thioether (sulfide) groups is 1. The summed E-state index contributed by atoms with van der Waals surface area (Å²) in [5, 5.41) is 12.5. The molecule has 0 amide bonds. The van der Waals surface area contributed by atoms with Crippen LogP contribution in [0.25, 0.3) is 5.69 Å². The lowest BCUT2D eigenvalue weighted by Gasteiger charge is -2.06. The topological polar surface area (TPSA) is 69.6 Å². The number of benzene rings is 2. The smallest absolute Gasteiger partial charge is 0.166 e. The van der Waals surface area contributed by atoms with Gasteiger partial charge in [0, 0.05) is 10.6 Å². The van der Waals surface area contributed by atoms with Crippen LogP contribution in [0.4, 0.5) is 5.69 Å². The minimum absolute atomic E-state index is 0.617. The second-order valence-corrected chi connectivity index (χ2v) is 5.75. The molecule has 0 radical (unpaired) electrons. The van der Waals surface area contributed by atoms with Gasteiger partial charge in [-0.1, -0.05) is 29.8 Å². The summed E-state index contributed by atoms with van der Waals surface area (Å²) in [5.74, 6) is 1.38. The van der Waals surface area contributed by atoms with Crippen LogP contribution < -0.4 is 5.73 Å². The number of hydrogen-bond donors (Lipinski definition) is 1. The number of rotatable bonds is 4. The van der Waals surface area contributed by atoms with Gasteiger partial charge in [0.25, 0.3) is 0 Å². The van der Waals surface area contributed by atoms with Gasteiger partial charge in [-0.15, -0.1) is 16.9 Å². The van der Waals surface area contributed by atoms with Crippen molar-refractivity contribution < 1.29 is 0 Å². The Hall–Kier alpha value is -2.05. The third kappa shape index (κ3) is 3.17. The van der Waals surface area contributed by atoms with Gasteiger partial charge in [-0.25, -0.2) is 0 Å². The summed E-state index contributed by atoms with van der Waals surface area (Å²) in [7, 11) is 0. The number of para-hydroxylation sites is 1. The standard InChI is InChI=1S/C14H12ClN5S/c15-12-8-10(16)6-7-13(12)21-9-14-17-18-19-20(14)11-4-2-1-3-5-11/h1-8H,9,16H2. The van der Waals surface area contributed by atoms with E-state index in [1.165, 1.54) is 0 Å². The van der Waals surface area contributed by atoms with Crippen LogP contribution in [0.15, 0.2) is 53.4 Å². The van der Waals surface area contributed by atoms with Crippen molar-refractivity contribution in [3.05, 3.63) is 59.4 Å². The van der Waals surface area contributed by atoms with E-state index in [0.29, 0.717) is 16.5 Å². The number of nitrogens with zero attached hydrogens (tertiary/aromatic N) is 4. The minimum atomic E-state index is 0.617. The molecule has 0 fully saturated rings. The van der Waals surface area contributed by atoms with Gasteiger partial charge in [-0.2, -0.15) is 4.68 Å². The van der Waals surface area contributed by atoms with E-state index < -0.39 is 0 Å². The zero-order valence-corrected chi connectivity index (χ0v) is 12.6. The van der Waals surface area contributed by atoms with Gasteiger partial charge in [0.2, 0.25) is 0 Å². The number of aromatic nitrogens is 4. The van der Waals surface area contributed by atoms with Crippen LogP contribution in [0.2, 0.25) is 5.02 Å². The normalized spacial score (nSPS) is 10.7. The van der Waals surface area contributed by atoms with Gasteiger partial charge in [0.15, 0.2) is 5.82 Å². The zero-order valence-electron chi connectivity index (χ0n) is 11.0. The van der Waals surface area contributed by atoms with E-state index in [4.69, 9.17) is 17.3 Å². The van der Waals surface area contributed by atoms with Gasteiger partial charge >= 0.3 is 0 Å². The molecule has 21 heavy (non-hydrogen) atoms. The molecule has 1 aromatic heterocycles. The molecule has 7 heteroatoms. The molecule has 5 nitrogen and oxygen atoms in total. The number of hydrogen-bond acceptors (Lipinski definition) is 5. The van der Waals surface area contributed by atoms with E-state index in [-0.39, 0.29) is 0 Å². The van der Waals surface area contributed by atoms with Gasteiger partial charge in [-0.3, -0.25) is 0 Å². The summed E-state index contributed by atoms with van der Waals surface area (Å²) in [6, 6.07) is 15.2. The van der Waals surface area contributed by atoms with E-state index in [0.717, 1.165) is 16.4 Å². The van der Waals surface area contributed by atoms with Gasteiger partial charge in [-0.05, 0) is 40.8 Å². The summed E-state index contributed by atoms with van der Waals surface area (Å²) >= 11 is 7.74. The van der Waals surface area contributed by atoms with Crippen molar-refractivity contribution in [1.29, 1.82) is 0 Å². The highest BCUT2D eigenvalue weighted by molar-refractivity contribution is 7.98. The Morgan fingerprint density at radius 3 is 2.71 bits per heavy atom. The summed E-state index contributed by atoms with van der Waals surface area (Å²) in [6.45, 7) is 0. The van der Waals surface area contributed by atoms with Crippen molar-refractivity contribution >= 4 is 29.1 Å². The van der Waals surface area contributed by atoms with Crippen LogP contribution in [-0.2, 0) is 5.75 Å². The maximum atomic E-state index is 6.17. The first-order valence-electron chi connectivity index (χ1n) is 6.24. The van der Waals surface area contributed by atoms with Crippen LogP contribution in [0, 0.1) is 0 Å². The fourth-order valence-electron chi connectivity index (χ4n) is 1.84. The highest BCUT2D eigenvalue weighted by Gasteiger charge is 2.10. The van der Waals surface area contributed by atoms with Crippen molar-refractivity contribution in [1.82, 2.24) is 20.2 Å². The largest absolute Gasteiger partial charge is 0.399 e. The Bertz CT molecular complexity index is 744. The molecule has 0 aliphatic rings. The van der Waals surface area contributed by atoms with E-state index in [9.17, 15) is 0 Å². The van der Waals surface area contributed by atoms with Crippen molar-refractivity contribution in [2.24, 2.45) is 0 Å². The molecule has 0 atom stereocenters. The number of nitrogens with two attached hydrogens (primary N) is 1. The molecule has 1 heterocycles. The molecular formula is C14H12ClN5S. The Morgan fingerprint density at radius 2 is 1.95 bits per heavy atom. The van der Waals surface area contributed by atoms with E-state index in [1.54, 1.807) is 22.5 Å². The highest BCUT2D eigenvalue weighted by atomic mass is 35.5. The lowest BCUT2D eigenvalue weighted by atomic mass is 10.3. The Morgan fingerprint density at radius 1 is 1.14 bits per heavy atom. The quantitative estimate of drug-likeness (QED) is 0.591. The minimum Gasteiger partial charge on any atom is -0.399 e. The Kier molecular flexibility index (Phi) is 4.08. The van der Waals surface area contributed by atoms with E-state index >= 15 is 0 Å². The molecule has 3 aromatic rings. The van der Waals surface area contributed by atoms with Crippen molar-refractivity contribution in [2.75, 3.05) is 5.73 Å². The molecule has 106 valence electrons. The lowest BCUT2D eigenvalue weighted by molar-refractivity contribution is 0.777. The number of anilines is 1. The van der Waals surface area contributed by atoms with Gasteiger partial charge in [0.05, 0.1) is 16.5 Å². The monoisotopic (exact) mass is 317 g/mol. The molecule has 0 bridgehead atoms. The number of nitrogen functional groups attached to an aromatic ring is 1. The Labute approximate surface area is 131 Å². The number of tetrazole rings is 1. The van der Waals surface area contributed by atoms with Crippen LogP contribution in [0.5, 0.6) is 0 Å². The van der Waals surface area contributed by atoms with Crippen molar-refractivity contribution in [3.63, 3.8) is 0 Å². The summed E-state index contributed by atoms with van der Waals surface area (Å²) in [5.41, 5.74) is 7.27. The summed E-state index contributed by atoms with van der Waals surface area (Å²) in [4.78, 5) is 0.952. The molecule has 0 unspecified atom stereocenters. The van der Waals surface area contributed by atoms with Crippen LogP contribution in [0.3, 0.4) is 0 Å². The average molecular weight is 318 g/mol. The first-order chi connectivity index (χ1) is 10.2. The first kappa shape index (κ1) is 13.9. The van der Waals surface area contributed by atoms with Crippen LogP contribution in [-0.4, -0.2) is 20.2 Å². The second kappa shape index (κ2) is 6.15. The maximum absolute atomic E-state index is 6.17. The predicted molar refractivity (Wildman–Crippen MR) is 84.6 cm³/mol. The fourth-order valence-corrected chi connectivity index (χ4v) is 3.02. The third-order valence-electron chi connectivity index (χ3n) is 2.85. The van der Waals surface area contributed by atoms with Crippen LogP contribution >= 0.6 is 23.4 Å². The van der Waals surface area contributed by atoms with Crippen molar-refractivity contribution in [2.45, 2.75) is 10.6 Å².